The van der Waals surface area contributed by atoms with Crippen molar-refractivity contribution in [3.05, 3.63) is 29.8 Å². The third-order valence-corrected chi connectivity index (χ3v) is 4.18. The number of benzene rings is 1. The van der Waals surface area contributed by atoms with E-state index in [9.17, 15) is 18.3 Å². The van der Waals surface area contributed by atoms with E-state index in [0.29, 0.717) is 5.56 Å². The van der Waals surface area contributed by atoms with Crippen LogP contribution in [-0.2, 0) is 15.0 Å². The van der Waals surface area contributed by atoms with Gasteiger partial charge in [-0.15, -0.1) is 0 Å². The Kier molecular flexibility index (Phi) is 5.49. The van der Waals surface area contributed by atoms with E-state index in [1.807, 2.05) is 0 Å². The lowest BCUT2D eigenvalue weighted by Gasteiger charge is -2.19. The zero-order chi connectivity index (χ0) is 15.3. The highest BCUT2D eigenvalue weighted by Gasteiger charge is 2.20. The number of carboxylic acids is 1. The number of hydrogen-bond donors (Lipinski definition) is 3. The zero-order valence-corrected chi connectivity index (χ0v) is 12.1. The highest BCUT2D eigenvalue weighted by molar-refractivity contribution is 7.90. The number of aliphatic carboxylic acids is 1. The second kappa shape index (κ2) is 6.69. The van der Waals surface area contributed by atoms with Gasteiger partial charge in [0.1, 0.15) is 0 Å². The van der Waals surface area contributed by atoms with Crippen LogP contribution in [0, 0.1) is 0 Å². The van der Waals surface area contributed by atoms with E-state index < -0.39 is 22.3 Å². The average molecular weight is 302 g/mol. The van der Waals surface area contributed by atoms with Crippen LogP contribution in [0.2, 0.25) is 0 Å². The molecule has 0 saturated carbocycles. The topological polar surface area (TPSA) is 107 Å². The molecule has 0 heterocycles. The van der Waals surface area contributed by atoms with Crippen molar-refractivity contribution in [1.29, 1.82) is 0 Å². The Labute approximate surface area is 118 Å². The van der Waals surface area contributed by atoms with Crippen molar-refractivity contribution in [3.63, 3.8) is 0 Å². The number of nitrogens with zero attached hydrogens (tertiary/aromatic N) is 1. The summed E-state index contributed by atoms with van der Waals surface area (Å²) in [5.41, 5.74) is 0.715. The number of rotatable bonds is 7. The average Bonchev–Trinajstić information content (AvgIpc) is 2.35. The van der Waals surface area contributed by atoms with Gasteiger partial charge in [0.15, 0.2) is 0 Å². The molecule has 0 aromatic heterocycles. The highest BCUT2D eigenvalue weighted by Crippen LogP contribution is 2.23. The van der Waals surface area contributed by atoms with Gasteiger partial charge >= 0.3 is 16.2 Å². The lowest BCUT2D eigenvalue weighted by atomic mass is 10.1. The van der Waals surface area contributed by atoms with E-state index in [2.05, 4.69) is 4.72 Å². The first-order valence-corrected chi connectivity index (χ1v) is 7.41. The van der Waals surface area contributed by atoms with Gasteiger partial charge in [-0.1, -0.05) is 18.2 Å². The highest BCUT2D eigenvalue weighted by atomic mass is 32.2. The number of para-hydroxylation sites is 1. The first-order chi connectivity index (χ1) is 9.24. The number of anilines is 1. The molecule has 0 saturated heterocycles. The fourth-order valence-corrected chi connectivity index (χ4v) is 2.50. The van der Waals surface area contributed by atoms with E-state index in [0.717, 1.165) is 4.31 Å². The summed E-state index contributed by atoms with van der Waals surface area (Å²) < 4.78 is 27.3. The van der Waals surface area contributed by atoms with Crippen molar-refractivity contribution in [2.24, 2.45) is 0 Å². The summed E-state index contributed by atoms with van der Waals surface area (Å²) >= 11 is 0. The largest absolute Gasteiger partial charge is 0.481 e. The SMILES string of the molecule is CC(O)c1ccccc1NS(=O)(=O)N(C)CCC(=O)O. The van der Waals surface area contributed by atoms with Crippen LogP contribution in [0.1, 0.15) is 25.0 Å². The van der Waals surface area contributed by atoms with E-state index >= 15 is 0 Å². The smallest absolute Gasteiger partial charge is 0.304 e. The summed E-state index contributed by atoms with van der Waals surface area (Å²) in [5, 5.41) is 18.1. The Balaban J connectivity index is 2.88. The third kappa shape index (κ3) is 4.48. The van der Waals surface area contributed by atoms with Gasteiger partial charge in [-0.25, -0.2) is 0 Å². The molecule has 1 rings (SSSR count). The molecule has 1 unspecified atom stereocenters. The molecule has 112 valence electrons. The minimum absolute atomic E-state index is 0.137. The third-order valence-electron chi connectivity index (χ3n) is 2.70. The van der Waals surface area contributed by atoms with Crippen LogP contribution < -0.4 is 4.72 Å². The molecule has 20 heavy (non-hydrogen) atoms. The number of aliphatic hydroxyl groups is 1. The first kappa shape index (κ1) is 16.4. The Morgan fingerprint density at radius 1 is 1.40 bits per heavy atom. The van der Waals surface area contributed by atoms with Crippen molar-refractivity contribution in [2.75, 3.05) is 18.3 Å². The molecule has 0 amide bonds. The maximum atomic E-state index is 12.0. The van der Waals surface area contributed by atoms with Crippen LogP contribution >= 0.6 is 0 Å². The first-order valence-electron chi connectivity index (χ1n) is 5.97. The summed E-state index contributed by atoms with van der Waals surface area (Å²) in [4.78, 5) is 10.5. The molecule has 0 aliphatic carbocycles. The van der Waals surface area contributed by atoms with Crippen molar-refractivity contribution in [3.8, 4) is 0 Å². The maximum absolute atomic E-state index is 12.0. The van der Waals surface area contributed by atoms with Gasteiger partial charge < -0.3 is 10.2 Å². The van der Waals surface area contributed by atoms with Crippen LogP contribution in [0.4, 0.5) is 5.69 Å². The number of aliphatic hydroxyl groups excluding tert-OH is 1. The molecular weight excluding hydrogens is 284 g/mol. The molecule has 0 bridgehead atoms. The maximum Gasteiger partial charge on any atom is 0.304 e. The minimum atomic E-state index is -3.86. The van der Waals surface area contributed by atoms with Crippen LogP contribution in [0.3, 0.4) is 0 Å². The van der Waals surface area contributed by atoms with Crippen molar-refractivity contribution < 1.29 is 23.4 Å². The molecule has 0 aliphatic rings. The molecule has 1 aromatic rings. The van der Waals surface area contributed by atoms with Crippen molar-refractivity contribution in [1.82, 2.24) is 4.31 Å². The van der Waals surface area contributed by atoms with Crippen LogP contribution in [0.5, 0.6) is 0 Å². The van der Waals surface area contributed by atoms with Crippen LogP contribution in [-0.4, -0.2) is 42.5 Å². The lowest BCUT2D eigenvalue weighted by molar-refractivity contribution is -0.137. The van der Waals surface area contributed by atoms with Gasteiger partial charge in [0, 0.05) is 19.2 Å². The minimum Gasteiger partial charge on any atom is -0.481 e. The molecule has 8 heteroatoms. The molecule has 0 aliphatic heterocycles. The Hall–Kier alpha value is -1.64. The predicted molar refractivity (Wildman–Crippen MR) is 74.5 cm³/mol. The number of hydrogen-bond acceptors (Lipinski definition) is 4. The fourth-order valence-electron chi connectivity index (χ4n) is 1.54. The Morgan fingerprint density at radius 2 is 2.00 bits per heavy atom. The summed E-state index contributed by atoms with van der Waals surface area (Å²) in [6.45, 7) is 1.39. The molecule has 0 fully saturated rings. The second-order valence-corrected chi connectivity index (χ2v) is 6.11. The van der Waals surface area contributed by atoms with Gasteiger partial charge in [-0.2, -0.15) is 12.7 Å². The molecule has 0 spiro atoms. The van der Waals surface area contributed by atoms with E-state index in [4.69, 9.17) is 5.11 Å². The summed E-state index contributed by atoms with van der Waals surface area (Å²) in [5.74, 6) is -1.07. The van der Waals surface area contributed by atoms with Gasteiger partial charge in [0.05, 0.1) is 18.2 Å². The molecule has 1 atom stereocenters. The van der Waals surface area contributed by atoms with Gasteiger partial charge in [-0.05, 0) is 13.0 Å². The molecule has 7 nitrogen and oxygen atoms in total. The fraction of sp³-hybridized carbons (Fsp3) is 0.417. The molecule has 3 N–H and O–H groups in total. The van der Waals surface area contributed by atoms with Crippen LogP contribution in [0.25, 0.3) is 0 Å². The zero-order valence-electron chi connectivity index (χ0n) is 11.3. The summed E-state index contributed by atoms with van der Waals surface area (Å²) in [6.07, 6.45) is -1.10. The number of carbonyl (C=O) groups is 1. The summed E-state index contributed by atoms with van der Waals surface area (Å²) in [7, 11) is -2.57. The second-order valence-electron chi connectivity index (χ2n) is 4.34. The predicted octanol–water partition coefficient (Wildman–Crippen LogP) is 0.803. The van der Waals surface area contributed by atoms with Gasteiger partial charge in [0.2, 0.25) is 0 Å². The molecular formula is C12H18N2O5S. The van der Waals surface area contributed by atoms with E-state index in [1.54, 1.807) is 18.2 Å². The van der Waals surface area contributed by atoms with Gasteiger partial charge in [-0.3, -0.25) is 9.52 Å². The normalized spacial score (nSPS) is 13.2. The van der Waals surface area contributed by atoms with Gasteiger partial charge in [0.25, 0.3) is 0 Å². The summed E-state index contributed by atoms with van der Waals surface area (Å²) in [6, 6.07) is 6.47. The quantitative estimate of drug-likeness (QED) is 0.690. The van der Waals surface area contributed by atoms with Crippen molar-refractivity contribution in [2.45, 2.75) is 19.4 Å². The lowest BCUT2D eigenvalue weighted by Crippen LogP contribution is -2.34. The van der Waals surface area contributed by atoms with E-state index in [1.165, 1.54) is 20.0 Å². The molecule has 0 radical (unpaired) electrons. The Bertz CT molecular complexity index is 571. The van der Waals surface area contributed by atoms with E-state index in [-0.39, 0.29) is 18.7 Å². The standard InChI is InChI=1S/C12H18N2O5S/c1-9(15)10-5-3-4-6-11(10)13-20(18,19)14(2)8-7-12(16)17/h3-6,9,13,15H,7-8H2,1-2H3,(H,16,17). The number of nitrogens with one attached hydrogen (secondary N) is 1. The van der Waals surface area contributed by atoms with Crippen LogP contribution in [0.15, 0.2) is 24.3 Å². The monoisotopic (exact) mass is 302 g/mol. The van der Waals surface area contributed by atoms with Crippen molar-refractivity contribution >= 4 is 21.9 Å². The number of carboxylic acid groups (broad SMARTS) is 1. The molecule has 1 aromatic carbocycles. The Morgan fingerprint density at radius 3 is 2.55 bits per heavy atom.